The number of benzene rings is 2. The molecule has 1 N–H and O–H groups in total. The molecular weight excluding hydrogens is 402 g/mol. The molecule has 0 fully saturated rings. The topological polar surface area (TPSA) is 46.9 Å². The van der Waals surface area contributed by atoms with Gasteiger partial charge >= 0.3 is 6.18 Å². The van der Waals surface area contributed by atoms with E-state index < -0.39 is 23.3 Å². The fraction of sp³-hybridized carbons (Fsp3) is 0.111. The van der Waals surface area contributed by atoms with Crippen LogP contribution in [0.3, 0.4) is 0 Å². The highest BCUT2D eigenvalue weighted by Gasteiger charge is 2.40. The van der Waals surface area contributed by atoms with Crippen molar-refractivity contribution >= 4 is 34.8 Å². The fourth-order valence-electron chi connectivity index (χ4n) is 2.50. The minimum absolute atomic E-state index is 0.129. The summed E-state index contributed by atoms with van der Waals surface area (Å²) >= 11 is 11.8. The van der Waals surface area contributed by atoms with E-state index in [1.807, 2.05) is 0 Å². The molecule has 2 aromatic carbocycles. The van der Waals surface area contributed by atoms with Crippen LogP contribution in [-0.2, 0) is 6.18 Å². The van der Waals surface area contributed by atoms with Crippen LogP contribution in [0.4, 0.5) is 18.9 Å². The molecule has 0 aliphatic rings. The predicted molar refractivity (Wildman–Crippen MR) is 97.7 cm³/mol. The molecule has 0 spiro atoms. The zero-order valence-electron chi connectivity index (χ0n) is 13.8. The van der Waals surface area contributed by atoms with Crippen LogP contribution in [0.15, 0.2) is 48.7 Å². The van der Waals surface area contributed by atoms with E-state index in [1.165, 1.54) is 24.3 Å². The van der Waals surface area contributed by atoms with Gasteiger partial charge in [-0.15, -0.1) is 0 Å². The summed E-state index contributed by atoms with van der Waals surface area (Å²) in [5.41, 5.74) is -0.783. The minimum atomic E-state index is -4.80. The molecule has 0 bridgehead atoms. The quantitative estimate of drug-likeness (QED) is 0.593. The van der Waals surface area contributed by atoms with Crippen LogP contribution in [0.5, 0.6) is 0 Å². The van der Waals surface area contributed by atoms with Gasteiger partial charge in [-0.25, -0.2) is 4.68 Å². The molecule has 0 atom stereocenters. The third-order valence-electron chi connectivity index (χ3n) is 3.87. The van der Waals surface area contributed by atoms with Crippen molar-refractivity contribution in [2.24, 2.45) is 0 Å². The summed E-state index contributed by atoms with van der Waals surface area (Å²) in [5.74, 6) is -0.937. The number of halogens is 5. The number of carbonyl (C=O) groups is 1. The van der Waals surface area contributed by atoms with Crippen molar-refractivity contribution in [2.45, 2.75) is 13.1 Å². The number of nitrogens with one attached hydrogen (secondary N) is 1. The number of hydrogen-bond donors (Lipinski definition) is 1. The first-order valence-corrected chi connectivity index (χ1v) is 8.41. The van der Waals surface area contributed by atoms with Gasteiger partial charge in [0.05, 0.1) is 17.4 Å². The molecule has 1 amide bonds. The lowest BCUT2D eigenvalue weighted by atomic mass is 10.1. The van der Waals surface area contributed by atoms with E-state index in [4.69, 9.17) is 23.2 Å². The van der Waals surface area contributed by atoms with Crippen molar-refractivity contribution in [3.05, 3.63) is 75.5 Å². The van der Waals surface area contributed by atoms with Crippen molar-refractivity contribution in [1.29, 1.82) is 0 Å². The van der Waals surface area contributed by atoms with E-state index in [2.05, 4.69) is 10.4 Å². The lowest BCUT2D eigenvalue weighted by Gasteiger charge is -2.14. The van der Waals surface area contributed by atoms with Crippen molar-refractivity contribution < 1.29 is 18.0 Å². The van der Waals surface area contributed by atoms with Crippen LogP contribution in [0.1, 0.15) is 21.6 Å². The van der Waals surface area contributed by atoms with E-state index in [-0.39, 0.29) is 5.69 Å². The lowest BCUT2D eigenvalue weighted by molar-refractivity contribution is -0.143. The number of amides is 1. The van der Waals surface area contributed by atoms with Gasteiger partial charge in [0, 0.05) is 15.7 Å². The number of rotatable bonds is 3. The second-order valence-corrected chi connectivity index (χ2v) is 6.50. The Morgan fingerprint density at radius 1 is 1.11 bits per heavy atom. The molecule has 0 radical (unpaired) electrons. The van der Waals surface area contributed by atoms with Gasteiger partial charge in [-0.3, -0.25) is 4.79 Å². The fourth-order valence-corrected chi connectivity index (χ4v) is 2.80. The second kappa shape index (κ2) is 7.25. The van der Waals surface area contributed by atoms with E-state index >= 15 is 0 Å². The molecule has 9 heteroatoms. The Kier molecular flexibility index (Phi) is 5.17. The average molecular weight is 414 g/mol. The normalized spacial score (nSPS) is 11.5. The molecule has 0 saturated carbocycles. The monoisotopic (exact) mass is 413 g/mol. The molecule has 140 valence electrons. The Balaban J connectivity index is 2.04. The first-order chi connectivity index (χ1) is 12.7. The summed E-state index contributed by atoms with van der Waals surface area (Å²) in [6, 6.07) is 10.4. The first-order valence-electron chi connectivity index (χ1n) is 7.66. The van der Waals surface area contributed by atoms with Crippen LogP contribution >= 0.6 is 23.2 Å². The molecule has 0 saturated heterocycles. The molecule has 3 aromatic rings. The van der Waals surface area contributed by atoms with Crippen LogP contribution in [0.2, 0.25) is 10.0 Å². The number of aromatic nitrogens is 2. The predicted octanol–water partition coefficient (Wildman–Crippen LogP) is 5.76. The van der Waals surface area contributed by atoms with Gasteiger partial charge in [-0.1, -0.05) is 29.3 Å². The third-order valence-corrected chi connectivity index (χ3v) is 4.53. The molecule has 0 aliphatic carbocycles. The number of anilines is 1. The van der Waals surface area contributed by atoms with Crippen LogP contribution in [-0.4, -0.2) is 15.7 Å². The smallest absolute Gasteiger partial charge is 0.322 e. The van der Waals surface area contributed by atoms with Gasteiger partial charge < -0.3 is 5.32 Å². The Morgan fingerprint density at radius 2 is 1.78 bits per heavy atom. The number of carbonyl (C=O) groups excluding carboxylic acids is 1. The van der Waals surface area contributed by atoms with Crippen LogP contribution < -0.4 is 5.32 Å². The molecular formula is C18H12Cl2F3N3O. The summed E-state index contributed by atoms with van der Waals surface area (Å²) in [6.45, 7) is 1.65. The highest BCUT2D eigenvalue weighted by Crippen LogP contribution is 2.34. The largest absolute Gasteiger partial charge is 0.434 e. The summed E-state index contributed by atoms with van der Waals surface area (Å²) in [6.07, 6.45) is -3.92. The van der Waals surface area contributed by atoms with Crippen molar-refractivity contribution in [3.8, 4) is 5.69 Å². The number of nitrogens with zero attached hydrogens (tertiary/aromatic N) is 2. The summed E-state index contributed by atoms with van der Waals surface area (Å²) in [4.78, 5) is 12.5. The molecule has 0 unspecified atom stereocenters. The highest BCUT2D eigenvalue weighted by molar-refractivity contribution is 6.32. The van der Waals surface area contributed by atoms with Gasteiger partial charge in [0.15, 0.2) is 5.69 Å². The molecule has 0 aliphatic heterocycles. The van der Waals surface area contributed by atoms with Crippen molar-refractivity contribution in [3.63, 3.8) is 0 Å². The Morgan fingerprint density at radius 3 is 2.41 bits per heavy atom. The Bertz CT molecular complexity index is 998. The maximum atomic E-state index is 13.7. The van der Waals surface area contributed by atoms with Crippen molar-refractivity contribution in [1.82, 2.24) is 9.78 Å². The van der Waals surface area contributed by atoms with E-state index in [9.17, 15) is 18.0 Å². The molecule has 1 aromatic heterocycles. The summed E-state index contributed by atoms with van der Waals surface area (Å²) in [7, 11) is 0. The molecule has 3 rings (SSSR count). The lowest BCUT2D eigenvalue weighted by Crippen LogP contribution is -2.21. The zero-order valence-corrected chi connectivity index (χ0v) is 15.3. The summed E-state index contributed by atoms with van der Waals surface area (Å²) in [5, 5.41) is 6.97. The zero-order chi connectivity index (χ0) is 19.8. The summed E-state index contributed by atoms with van der Waals surface area (Å²) < 4.78 is 41.6. The SMILES string of the molecule is Cc1c(Cl)cccc1NC(=O)c1cnn(-c2ccc(Cl)cc2)c1C(F)(F)F. The van der Waals surface area contributed by atoms with Gasteiger partial charge in [0.2, 0.25) is 0 Å². The Labute approximate surface area is 162 Å². The van der Waals surface area contributed by atoms with Gasteiger partial charge in [0.1, 0.15) is 0 Å². The Hall–Kier alpha value is -2.51. The average Bonchev–Trinajstić information content (AvgIpc) is 3.05. The van der Waals surface area contributed by atoms with Crippen LogP contribution in [0.25, 0.3) is 5.69 Å². The second-order valence-electron chi connectivity index (χ2n) is 5.66. The molecule has 4 nitrogen and oxygen atoms in total. The third kappa shape index (κ3) is 3.94. The maximum absolute atomic E-state index is 13.7. The van der Waals surface area contributed by atoms with E-state index in [0.29, 0.717) is 26.0 Å². The van der Waals surface area contributed by atoms with Gasteiger partial charge in [-0.05, 0) is 48.9 Å². The number of hydrogen-bond acceptors (Lipinski definition) is 2. The molecule has 27 heavy (non-hydrogen) atoms. The van der Waals surface area contributed by atoms with E-state index in [1.54, 1.807) is 25.1 Å². The maximum Gasteiger partial charge on any atom is 0.434 e. The number of alkyl halides is 3. The standard InChI is InChI=1S/C18H12Cl2F3N3O/c1-10-14(20)3-2-4-15(10)25-17(27)13-9-24-26(16(13)18(21,22)23)12-7-5-11(19)6-8-12/h2-9H,1H3,(H,25,27). The van der Waals surface area contributed by atoms with Crippen molar-refractivity contribution in [2.75, 3.05) is 5.32 Å². The molecule has 1 heterocycles. The van der Waals surface area contributed by atoms with Gasteiger partial charge in [0.25, 0.3) is 5.91 Å². The van der Waals surface area contributed by atoms with E-state index in [0.717, 1.165) is 6.20 Å². The van der Waals surface area contributed by atoms with Crippen LogP contribution in [0, 0.1) is 6.92 Å². The minimum Gasteiger partial charge on any atom is -0.322 e. The first kappa shape index (κ1) is 19.3. The van der Waals surface area contributed by atoms with Gasteiger partial charge in [-0.2, -0.15) is 18.3 Å². The highest BCUT2D eigenvalue weighted by atomic mass is 35.5.